The number of aromatic nitrogens is 3. The number of ether oxygens (including phenoxy) is 2. The number of nitrogens with zero attached hydrogens (tertiary/aromatic N) is 4. The summed E-state index contributed by atoms with van der Waals surface area (Å²) in [5.41, 5.74) is 0.630. The molecule has 0 saturated carbocycles. The van der Waals surface area contributed by atoms with Gasteiger partial charge in [-0.3, -0.25) is 0 Å². The highest BCUT2D eigenvalue weighted by molar-refractivity contribution is 7.90. The summed E-state index contributed by atoms with van der Waals surface area (Å²) in [6.45, 7) is 8.87. The molecule has 0 radical (unpaired) electrons. The molecule has 4 rings (SSSR count). The monoisotopic (exact) mass is 487 g/mol. The third kappa shape index (κ3) is 5.15. The van der Waals surface area contributed by atoms with Gasteiger partial charge in [0.05, 0.1) is 29.5 Å². The van der Waals surface area contributed by atoms with Crippen molar-refractivity contribution in [3.8, 4) is 0 Å². The first kappa shape index (κ1) is 24.0. The van der Waals surface area contributed by atoms with Crippen molar-refractivity contribution in [2.24, 2.45) is 0 Å². The quantitative estimate of drug-likeness (QED) is 0.597. The van der Waals surface area contributed by atoms with Crippen LogP contribution in [0, 0.1) is 6.92 Å². The van der Waals surface area contributed by atoms with Crippen LogP contribution in [-0.4, -0.2) is 71.3 Å². The normalized spacial score (nSPS) is 17.4. The van der Waals surface area contributed by atoms with Crippen molar-refractivity contribution < 1.29 is 22.7 Å². The zero-order valence-electron chi connectivity index (χ0n) is 19.7. The third-order valence-electron chi connectivity index (χ3n) is 5.28. The van der Waals surface area contributed by atoms with E-state index in [4.69, 9.17) is 9.47 Å². The zero-order chi connectivity index (χ0) is 24.5. The molecule has 0 bridgehead atoms. The lowest BCUT2D eigenvalue weighted by Crippen LogP contribution is -2.43. The molecular formula is C23H29N5O5S. The van der Waals surface area contributed by atoms with E-state index in [0.29, 0.717) is 37.5 Å². The zero-order valence-corrected chi connectivity index (χ0v) is 20.5. The Bertz CT molecular complexity index is 1280. The fourth-order valence-corrected chi connectivity index (χ4v) is 4.95. The number of carbonyl (C=O) groups is 1. The van der Waals surface area contributed by atoms with Crippen molar-refractivity contribution in [3.05, 3.63) is 48.4 Å². The van der Waals surface area contributed by atoms with Crippen LogP contribution in [0.5, 0.6) is 0 Å². The number of rotatable bonds is 4. The van der Waals surface area contributed by atoms with E-state index in [1.807, 2.05) is 27.7 Å². The summed E-state index contributed by atoms with van der Waals surface area (Å²) in [5.74, 6) is 0.461. The summed E-state index contributed by atoms with van der Waals surface area (Å²) < 4.78 is 38.7. The van der Waals surface area contributed by atoms with Crippen LogP contribution < -0.4 is 5.32 Å². The van der Waals surface area contributed by atoms with Gasteiger partial charge in [0.25, 0.3) is 10.0 Å². The summed E-state index contributed by atoms with van der Waals surface area (Å²) in [6.07, 6.45) is 2.37. The molecule has 1 fully saturated rings. The second kappa shape index (κ2) is 9.22. The molecular weight excluding hydrogens is 458 g/mol. The van der Waals surface area contributed by atoms with Crippen LogP contribution in [0.25, 0.3) is 11.0 Å². The van der Waals surface area contributed by atoms with Gasteiger partial charge in [-0.15, -0.1) is 0 Å². The standard InChI is InChI=1S/C23H29N5O5S/c1-16-5-7-18(8-6-16)34(30,31)28-10-9-19-20(24-15-25-21(19)28)26-17-13-27(11-12-32-14-17)22(29)33-23(2,3)4/h5-10,15,17H,11-14H2,1-4H3,(H,24,25,26)/t17-/m0/s1. The molecule has 1 aliphatic heterocycles. The summed E-state index contributed by atoms with van der Waals surface area (Å²) in [5, 5.41) is 3.84. The molecule has 1 aromatic carbocycles. The van der Waals surface area contributed by atoms with Crippen molar-refractivity contribution in [1.29, 1.82) is 0 Å². The Labute approximate surface area is 198 Å². The van der Waals surface area contributed by atoms with Crippen molar-refractivity contribution in [1.82, 2.24) is 18.8 Å². The molecule has 0 aliphatic carbocycles. The molecule has 11 heteroatoms. The van der Waals surface area contributed by atoms with Crippen LogP contribution in [0.1, 0.15) is 26.3 Å². The molecule has 0 unspecified atom stereocenters. The second-order valence-corrected chi connectivity index (χ2v) is 11.0. The molecule has 0 spiro atoms. The molecule has 1 saturated heterocycles. The van der Waals surface area contributed by atoms with Crippen molar-refractivity contribution in [2.45, 2.75) is 44.2 Å². The molecule has 1 atom stereocenters. The average molecular weight is 488 g/mol. The van der Waals surface area contributed by atoms with Gasteiger partial charge < -0.3 is 19.7 Å². The maximum Gasteiger partial charge on any atom is 0.410 e. The van der Waals surface area contributed by atoms with Crippen LogP contribution in [0.15, 0.2) is 47.8 Å². The lowest BCUT2D eigenvalue weighted by molar-refractivity contribution is 0.0242. The molecule has 1 N–H and O–H groups in total. The summed E-state index contributed by atoms with van der Waals surface area (Å²) in [6, 6.07) is 8.04. The van der Waals surface area contributed by atoms with E-state index in [1.165, 1.54) is 12.5 Å². The topological polar surface area (TPSA) is 116 Å². The summed E-state index contributed by atoms with van der Waals surface area (Å²) in [7, 11) is -3.83. The highest BCUT2D eigenvalue weighted by Crippen LogP contribution is 2.25. The van der Waals surface area contributed by atoms with Gasteiger partial charge in [0.2, 0.25) is 0 Å². The van der Waals surface area contributed by atoms with Gasteiger partial charge in [0.15, 0.2) is 5.65 Å². The maximum absolute atomic E-state index is 13.2. The van der Waals surface area contributed by atoms with E-state index in [9.17, 15) is 13.2 Å². The highest BCUT2D eigenvalue weighted by Gasteiger charge is 2.28. The summed E-state index contributed by atoms with van der Waals surface area (Å²) >= 11 is 0. The smallest absolute Gasteiger partial charge is 0.410 e. The third-order valence-corrected chi connectivity index (χ3v) is 6.96. The average Bonchev–Trinajstić information content (AvgIpc) is 3.07. The van der Waals surface area contributed by atoms with Crippen LogP contribution in [0.4, 0.5) is 10.6 Å². The molecule has 2 aromatic heterocycles. The Balaban J connectivity index is 1.59. The SMILES string of the molecule is Cc1ccc(S(=O)(=O)n2ccc3c(N[C@@H]4COCCN(C(=O)OC(C)(C)C)C4)ncnc32)cc1. The highest BCUT2D eigenvalue weighted by atomic mass is 32.2. The van der Waals surface area contributed by atoms with Gasteiger partial charge in [-0.1, -0.05) is 17.7 Å². The molecule has 182 valence electrons. The second-order valence-electron chi connectivity index (χ2n) is 9.23. The lowest BCUT2D eigenvalue weighted by atomic mass is 10.2. The number of carbonyl (C=O) groups excluding carboxylic acids is 1. The van der Waals surface area contributed by atoms with Crippen LogP contribution in [0.3, 0.4) is 0 Å². The molecule has 10 nitrogen and oxygen atoms in total. The first-order chi connectivity index (χ1) is 16.0. The van der Waals surface area contributed by atoms with E-state index < -0.39 is 21.7 Å². The minimum absolute atomic E-state index is 0.175. The van der Waals surface area contributed by atoms with E-state index >= 15 is 0 Å². The lowest BCUT2D eigenvalue weighted by Gasteiger charge is -2.28. The summed E-state index contributed by atoms with van der Waals surface area (Å²) in [4.78, 5) is 22.9. The largest absolute Gasteiger partial charge is 0.444 e. The van der Waals surface area contributed by atoms with E-state index in [1.54, 1.807) is 35.2 Å². The number of aryl methyl sites for hydroxylation is 1. The predicted octanol–water partition coefficient (Wildman–Crippen LogP) is 3.02. The minimum Gasteiger partial charge on any atom is -0.444 e. The van der Waals surface area contributed by atoms with Gasteiger partial charge in [0.1, 0.15) is 17.7 Å². The van der Waals surface area contributed by atoms with Gasteiger partial charge in [-0.05, 0) is 45.9 Å². The Kier molecular flexibility index (Phi) is 6.50. The predicted molar refractivity (Wildman–Crippen MR) is 127 cm³/mol. The van der Waals surface area contributed by atoms with Crippen molar-refractivity contribution in [2.75, 3.05) is 31.6 Å². The van der Waals surface area contributed by atoms with Crippen LogP contribution in [0.2, 0.25) is 0 Å². The first-order valence-corrected chi connectivity index (χ1v) is 12.4. The fourth-order valence-electron chi connectivity index (χ4n) is 3.64. The fraction of sp³-hybridized carbons (Fsp3) is 0.435. The molecule has 1 aliphatic rings. The molecule has 3 aromatic rings. The van der Waals surface area contributed by atoms with E-state index in [2.05, 4.69) is 15.3 Å². The minimum atomic E-state index is -3.83. The van der Waals surface area contributed by atoms with Crippen LogP contribution in [-0.2, 0) is 19.5 Å². The number of fused-ring (bicyclic) bond motifs is 1. The van der Waals surface area contributed by atoms with Gasteiger partial charge in [0, 0.05) is 19.3 Å². The first-order valence-electron chi connectivity index (χ1n) is 11.0. The molecule has 1 amide bonds. The van der Waals surface area contributed by atoms with E-state index in [-0.39, 0.29) is 16.6 Å². The van der Waals surface area contributed by atoms with Crippen molar-refractivity contribution in [3.63, 3.8) is 0 Å². The Morgan fingerprint density at radius 1 is 1.18 bits per heavy atom. The molecule has 3 heterocycles. The van der Waals surface area contributed by atoms with Gasteiger partial charge in [-0.25, -0.2) is 27.2 Å². The van der Waals surface area contributed by atoms with Gasteiger partial charge in [-0.2, -0.15) is 0 Å². The Hall–Kier alpha value is -3.18. The van der Waals surface area contributed by atoms with E-state index in [0.717, 1.165) is 9.54 Å². The number of hydrogen-bond donors (Lipinski definition) is 1. The number of benzene rings is 1. The number of amides is 1. The number of hydrogen-bond acceptors (Lipinski definition) is 8. The van der Waals surface area contributed by atoms with Gasteiger partial charge >= 0.3 is 6.09 Å². The Morgan fingerprint density at radius 2 is 1.91 bits per heavy atom. The maximum atomic E-state index is 13.2. The number of anilines is 1. The molecule has 34 heavy (non-hydrogen) atoms. The Morgan fingerprint density at radius 3 is 2.62 bits per heavy atom. The van der Waals surface area contributed by atoms with Crippen LogP contribution >= 0.6 is 0 Å². The van der Waals surface area contributed by atoms with Crippen molar-refractivity contribution >= 4 is 33.0 Å². The number of nitrogens with one attached hydrogen (secondary N) is 1.